The summed E-state index contributed by atoms with van der Waals surface area (Å²) in [4.78, 5) is 22.4. The van der Waals surface area contributed by atoms with E-state index >= 15 is 0 Å². The van der Waals surface area contributed by atoms with Crippen LogP contribution in [0.1, 0.15) is 170 Å². The summed E-state index contributed by atoms with van der Waals surface area (Å²) in [5.41, 5.74) is 0. The molecule has 0 saturated carbocycles. The van der Waals surface area contributed by atoms with Crippen LogP contribution in [0.5, 0.6) is 0 Å². The number of carbonyl (C=O) groups excluding carboxylic acids is 2. The minimum absolute atomic E-state index is 0.00752. The molecule has 0 spiro atoms. The molecule has 0 aliphatic heterocycles. The summed E-state index contributed by atoms with van der Waals surface area (Å²) in [6, 6.07) is 0. The zero-order valence-electron chi connectivity index (χ0n) is 25.3. The van der Waals surface area contributed by atoms with Gasteiger partial charge in [-0.2, -0.15) is 0 Å². The second kappa shape index (κ2) is 30.2. The highest BCUT2D eigenvalue weighted by atomic mass is 16.5. The predicted molar refractivity (Wildman–Crippen MR) is 155 cm³/mol. The minimum Gasteiger partial charge on any atom is -0.465 e. The van der Waals surface area contributed by atoms with Crippen molar-refractivity contribution in [3.63, 3.8) is 0 Å². The van der Waals surface area contributed by atoms with E-state index in [-0.39, 0.29) is 23.8 Å². The smallest absolute Gasteiger partial charge is 0.308 e. The van der Waals surface area contributed by atoms with Crippen LogP contribution in [0.3, 0.4) is 0 Å². The summed E-state index contributed by atoms with van der Waals surface area (Å²) < 4.78 is 10.3. The van der Waals surface area contributed by atoms with Gasteiger partial charge >= 0.3 is 11.9 Å². The molecule has 0 amide bonds. The summed E-state index contributed by atoms with van der Waals surface area (Å²) in [5.74, 6) is -0.113. The van der Waals surface area contributed by atoms with Crippen LogP contribution in [0.2, 0.25) is 0 Å². The van der Waals surface area contributed by atoms with Gasteiger partial charge in [0, 0.05) is 0 Å². The fourth-order valence-corrected chi connectivity index (χ4v) is 3.86. The number of hydrogen-bond acceptors (Lipinski definition) is 4. The van der Waals surface area contributed by atoms with E-state index < -0.39 is 0 Å². The highest BCUT2D eigenvalue weighted by molar-refractivity contribution is 5.71. The van der Waals surface area contributed by atoms with E-state index in [1.807, 2.05) is 27.7 Å². The Labute approximate surface area is 226 Å². The van der Waals surface area contributed by atoms with E-state index in [1.54, 1.807) is 0 Å². The van der Waals surface area contributed by atoms with Crippen molar-refractivity contribution in [2.45, 2.75) is 170 Å². The average Bonchev–Trinajstić information content (AvgIpc) is 2.85. The number of carbonyl (C=O) groups is 2. The number of unbranched alkanes of at least 4 members (excludes halogenated alkanes) is 18. The van der Waals surface area contributed by atoms with Gasteiger partial charge in [0.15, 0.2) is 0 Å². The first-order chi connectivity index (χ1) is 17.4. The first kappa shape index (κ1) is 37.1. The van der Waals surface area contributed by atoms with E-state index in [4.69, 9.17) is 9.47 Å². The molecule has 0 fully saturated rings. The van der Waals surface area contributed by atoms with Crippen molar-refractivity contribution in [2.75, 3.05) is 13.2 Å². The maximum Gasteiger partial charge on any atom is 0.308 e. The molecule has 0 unspecified atom stereocenters. The van der Waals surface area contributed by atoms with E-state index in [0.29, 0.717) is 13.2 Å². The molecule has 0 heterocycles. The summed E-state index contributed by atoms with van der Waals surface area (Å²) in [5, 5.41) is 0. The number of esters is 2. The Morgan fingerprint density at radius 2 is 0.639 bits per heavy atom. The second-order valence-corrected chi connectivity index (χ2v) is 11.0. The molecule has 36 heavy (non-hydrogen) atoms. The van der Waals surface area contributed by atoms with Gasteiger partial charge in [-0.3, -0.25) is 9.59 Å². The fraction of sp³-hybridized carbons (Fsp3) is 0.938. The second-order valence-electron chi connectivity index (χ2n) is 11.0. The lowest BCUT2D eigenvalue weighted by Crippen LogP contribution is -2.12. The Balaban J connectivity index is 0. The lowest BCUT2D eigenvalue weighted by atomic mass is 10.1. The summed E-state index contributed by atoms with van der Waals surface area (Å²) in [7, 11) is 0. The van der Waals surface area contributed by atoms with Gasteiger partial charge in [-0.25, -0.2) is 0 Å². The van der Waals surface area contributed by atoms with Crippen LogP contribution in [0.4, 0.5) is 0 Å². The van der Waals surface area contributed by atoms with Crippen LogP contribution in [0.15, 0.2) is 0 Å². The molecule has 0 rings (SSSR count). The molecule has 0 saturated heterocycles. The van der Waals surface area contributed by atoms with Gasteiger partial charge in [-0.1, -0.05) is 157 Å². The average molecular weight is 513 g/mol. The van der Waals surface area contributed by atoms with Crippen molar-refractivity contribution in [3.8, 4) is 0 Å². The molecule has 0 radical (unpaired) electrons. The maximum atomic E-state index is 11.2. The third kappa shape index (κ3) is 31.0. The molecule has 216 valence electrons. The van der Waals surface area contributed by atoms with Crippen LogP contribution in [0.25, 0.3) is 0 Å². The molecule has 0 aliphatic carbocycles. The lowest BCUT2D eigenvalue weighted by molar-refractivity contribution is -0.148. The normalized spacial score (nSPS) is 10.9. The molecule has 0 bridgehead atoms. The van der Waals surface area contributed by atoms with Crippen LogP contribution >= 0.6 is 0 Å². The first-order valence-electron chi connectivity index (χ1n) is 15.7. The van der Waals surface area contributed by atoms with E-state index in [2.05, 4.69) is 13.8 Å². The molecular weight excluding hydrogens is 448 g/mol. The molecule has 0 aromatic heterocycles. The third-order valence-corrected chi connectivity index (χ3v) is 6.43. The number of hydrogen-bond donors (Lipinski definition) is 0. The van der Waals surface area contributed by atoms with Gasteiger partial charge < -0.3 is 9.47 Å². The van der Waals surface area contributed by atoms with Crippen molar-refractivity contribution < 1.29 is 19.1 Å². The molecule has 0 aromatic rings. The van der Waals surface area contributed by atoms with E-state index in [9.17, 15) is 9.59 Å². The molecule has 0 N–H and O–H groups in total. The SMILES string of the molecule is CCCCCCCCCCCCOC(=O)C(C)C.CCCCCCCCCCCCOC(=O)C(C)C. The minimum atomic E-state index is -0.0640. The van der Waals surface area contributed by atoms with E-state index in [0.717, 1.165) is 12.8 Å². The highest BCUT2D eigenvalue weighted by Gasteiger charge is 2.07. The lowest BCUT2D eigenvalue weighted by Gasteiger charge is -2.06. The van der Waals surface area contributed by atoms with Gasteiger partial charge in [0.25, 0.3) is 0 Å². The number of rotatable bonds is 24. The van der Waals surface area contributed by atoms with Gasteiger partial charge in [0.05, 0.1) is 25.0 Å². The van der Waals surface area contributed by atoms with Crippen molar-refractivity contribution in [1.29, 1.82) is 0 Å². The monoisotopic (exact) mass is 512 g/mol. The molecule has 4 nitrogen and oxygen atoms in total. The molecule has 0 atom stereocenters. The van der Waals surface area contributed by atoms with Crippen LogP contribution in [0, 0.1) is 11.8 Å². The standard InChI is InChI=1S/2C16H32O2/c2*1-4-5-6-7-8-9-10-11-12-13-14-18-16(17)15(2)3/h2*15H,4-14H2,1-3H3. The molecule has 0 aliphatic rings. The van der Waals surface area contributed by atoms with Crippen molar-refractivity contribution in [1.82, 2.24) is 0 Å². The largest absolute Gasteiger partial charge is 0.465 e. The van der Waals surface area contributed by atoms with Crippen LogP contribution < -0.4 is 0 Å². The zero-order valence-corrected chi connectivity index (χ0v) is 25.3. The van der Waals surface area contributed by atoms with Gasteiger partial charge in [-0.05, 0) is 12.8 Å². The highest BCUT2D eigenvalue weighted by Crippen LogP contribution is 2.12. The Morgan fingerprint density at radius 1 is 0.417 bits per heavy atom. The van der Waals surface area contributed by atoms with Gasteiger partial charge in [0.2, 0.25) is 0 Å². The zero-order chi connectivity index (χ0) is 27.3. The Kier molecular flexibility index (Phi) is 31.1. The van der Waals surface area contributed by atoms with Crippen molar-refractivity contribution >= 4 is 11.9 Å². The Hall–Kier alpha value is -1.06. The van der Waals surface area contributed by atoms with Gasteiger partial charge in [-0.15, -0.1) is 0 Å². The molecule has 0 aromatic carbocycles. The Bertz CT molecular complexity index is 417. The van der Waals surface area contributed by atoms with Gasteiger partial charge in [0.1, 0.15) is 0 Å². The van der Waals surface area contributed by atoms with Crippen molar-refractivity contribution in [2.24, 2.45) is 11.8 Å². The topological polar surface area (TPSA) is 52.6 Å². The summed E-state index contributed by atoms with van der Waals surface area (Å²) in [6.45, 7) is 13.2. The first-order valence-corrected chi connectivity index (χ1v) is 15.7. The van der Waals surface area contributed by atoms with Crippen LogP contribution in [-0.2, 0) is 19.1 Å². The van der Waals surface area contributed by atoms with Crippen LogP contribution in [-0.4, -0.2) is 25.2 Å². The quantitative estimate of drug-likeness (QED) is 0.0953. The summed E-state index contributed by atoms with van der Waals surface area (Å²) in [6.07, 6.45) is 26.3. The van der Waals surface area contributed by atoms with Crippen molar-refractivity contribution in [3.05, 3.63) is 0 Å². The third-order valence-electron chi connectivity index (χ3n) is 6.43. The fourth-order valence-electron chi connectivity index (χ4n) is 3.86. The Morgan fingerprint density at radius 3 is 0.861 bits per heavy atom. The summed E-state index contributed by atoms with van der Waals surface area (Å²) >= 11 is 0. The molecular formula is C32H64O4. The maximum absolute atomic E-state index is 11.2. The van der Waals surface area contributed by atoms with E-state index in [1.165, 1.54) is 116 Å². The number of ether oxygens (including phenoxy) is 2. The molecule has 4 heteroatoms. The predicted octanol–water partition coefficient (Wildman–Crippen LogP) is 10.2.